The third kappa shape index (κ3) is 3.84. The number of fused-ring (bicyclic) bond motifs is 1. The number of carbonyl (C=O) groups excluding carboxylic acids is 1. The zero-order chi connectivity index (χ0) is 23.7. The van der Waals surface area contributed by atoms with Crippen molar-refractivity contribution in [3.8, 4) is 23.3 Å². The summed E-state index contributed by atoms with van der Waals surface area (Å²) in [6.45, 7) is 2.85. The first kappa shape index (κ1) is 22.5. The second-order valence-electron chi connectivity index (χ2n) is 8.21. The molecule has 10 heteroatoms. The van der Waals surface area contributed by atoms with E-state index >= 15 is 0 Å². The quantitative estimate of drug-likeness (QED) is 0.706. The van der Waals surface area contributed by atoms with Crippen LogP contribution in [-0.4, -0.2) is 49.8 Å². The highest BCUT2D eigenvalue weighted by Crippen LogP contribution is 2.45. The maximum atomic E-state index is 13.4. The van der Waals surface area contributed by atoms with Crippen molar-refractivity contribution in [3.63, 3.8) is 0 Å². The topological polar surface area (TPSA) is 130 Å². The van der Waals surface area contributed by atoms with Crippen LogP contribution in [0, 0.1) is 17.2 Å². The zero-order valence-corrected chi connectivity index (χ0v) is 19.1. The predicted molar refractivity (Wildman–Crippen MR) is 121 cm³/mol. The second-order valence-corrected chi connectivity index (χ2v) is 8.21. The molecule has 0 aliphatic carbocycles. The van der Waals surface area contributed by atoms with Crippen LogP contribution in [0.2, 0.25) is 0 Å². The van der Waals surface area contributed by atoms with Crippen molar-refractivity contribution in [1.82, 2.24) is 9.97 Å². The number of anilines is 2. The third-order valence-electron chi connectivity index (χ3n) is 6.40. The highest BCUT2D eigenvalue weighted by Gasteiger charge is 2.42. The Kier molecular flexibility index (Phi) is 6.14. The van der Waals surface area contributed by atoms with E-state index in [1.165, 1.54) is 21.3 Å². The maximum Gasteiger partial charge on any atom is 0.258 e. The van der Waals surface area contributed by atoms with Gasteiger partial charge in [0, 0.05) is 30.1 Å². The summed E-state index contributed by atoms with van der Waals surface area (Å²) < 4.78 is 16.3. The lowest BCUT2D eigenvalue weighted by molar-refractivity contribution is -0.119. The number of rotatable bonds is 5. The Labute approximate surface area is 191 Å². The van der Waals surface area contributed by atoms with Gasteiger partial charge in [0.25, 0.3) is 5.56 Å². The minimum atomic E-state index is -1.16. The number of nitrogens with one attached hydrogen (secondary N) is 2. The van der Waals surface area contributed by atoms with Crippen LogP contribution in [0.15, 0.2) is 16.9 Å². The number of benzene rings is 1. The van der Waals surface area contributed by atoms with Gasteiger partial charge in [0.15, 0.2) is 11.5 Å². The average molecular weight is 453 g/mol. The SMILES string of the molecule is COc1cc(OC)c(C2c3c(nc(N4CCCCC4C)[nH]c3=O)NC(=O)C2C#N)cc1OC. The predicted octanol–water partition coefficient (Wildman–Crippen LogP) is 2.40. The van der Waals surface area contributed by atoms with E-state index in [0.29, 0.717) is 28.8 Å². The molecule has 33 heavy (non-hydrogen) atoms. The molecule has 0 saturated carbocycles. The summed E-state index contributed by atoms with van der Waals surface area (Å²) in [6, 6.07) is 5.50. The van der Waals surface area contributed by atoms with Crippen LogP contribution >= 0.6 is 0 Å². The van der Waals surface area contributed by atoms with Gasteiger partial charge in [-0.1, -0.05) is 0 Å². The summed E-state index contributed by atoms with van der Waals surface area (Å²) in [4.78, 5) is 35.8. The molecule has 4 rings (SSSR count). The van der Waals surface area contributed by atoms with Gasteiger partial charge in [-0.05, 0) is 32.3 Å². The molecule has 1 aromatic heterocycles. The summed E-state index contributed by atoms with van der Waals surface area (Å²) in [5, 5.41) is 12.5. The van der Waals surface area contributed by atoms with Crippen molar-refractivity contribution >= 4 is 17.7 Å². The molecule has 2 aliphatic rings. The van der Waals surface area contributed by atoms with Crippen LogP contribution in [-0.2, 0) is 4.79 Å². The minimum Gasteiger partial charge on any atom is -0.496 e. The van der Waals surface area contributed by atoms with E-state index in [9.17, 15) is 14.9 Å². The summed E-state index contributed by atoms with van der Waals surface area (Å²) in [5.74, 6) is -0.835. The van der Waals surface area contributed by atoms with Gasteiger partial charge in [0.05, 0.1) is 33.0 Å². The highest BCUT2D eigenvalue weighted by atomic mass is 16.5. The number of carbonyl (C=O) groups is 1. The van der Waals surface area contributed by atoms with Crippen molar-refractivity contribution in [2.24, 2.45) is 5.92 Å². The molecule has 1 saturated heterocycles. The van der Waals surface area contributed by atoms with Crippen molar-refractivity contribution in [1.29, 1.82) is 5.26 Å². The first-order valence-corrected chi connectivity index (χ1v) is 10.8. The van der Waals surface area contributed by atoms with E-state index in [4.69, 9.17) is 14.2 Å². The van der Waals surface area contributed by atoms with Crippen LogP contribution in [0.1, 0.15) is 43.2 Å². The van der Waals surface area contributed by atoms with Crippen LogP contribution < -0.4 is 30.0 Å². The van der Waals surface area contributed by atoms with Gasteiger partial charge < -0.3 is 24.4 Å². The number of piperidine rings is 1. The molecule has 2 aromatic rings. The molecule has 174 valence electrons. The van der Waals surface area contributed by atoms with Crippen LogP contribution in [0.4, 0.5) is 11.8 Å². The number of aromatic amines is 1. The third-order valence-corrected chi connectivity index (χ3v) is 6.40. The standard InChI is InChI=1S/C23H27N5O5/c1-12-7-5-6-8-28(12)23-26-20-19(22(30)27-23)18(14(11-24)21(29)25-20)13-9-16(32-3)17(33-4)10-15(13)31-2/h9-10,12,14,18H,5-8H2,1-4H3,(H2,25,26,27,29,30). The fraction of sp³-hybridized carbons (Fsp3) is 0.478. The van der Waals surface area contributed by atoms with Crippen LogP contribution in [0.25, 0.3) is 0 Å². The van der Waals surface area contributed by atoms with E-state index in [0.717, 1.165) is 25.8 Å². The number of hydrogen-bond donors (Lipinski definition) is 2. The molecule has 3 unspecified atom stereocenters. The molecule has 3 atom stereocenters. The van der Waals surface area contributed by atoms with Gasteiger partial charge in [-0.2, -0.15) is 10.2 Å². The largest absolute Gasteiger partial charge is 0.496 e. The minimum absolute atomic E-state index is 0.157. The Bertz CT molecular complexity index is 1170. The molecule has 3 heterocycles. The summed E-state index contributed by atoms with van der Waals surface area (Å²) >= 11 is 0. The first-order valence-electron chi connectivity index (χ1n) is 10.8. The molecule has 1 fully saturated rings. The number of methoxy groups -OCH3 is 3. The lowest BCUT2D eigenvalue weighted by atomic mass is 9.78. The second kappa shape index (κ2) is 9.02. The van der Waals surface area contributed by atoms with Crippen LogP contribution in [0.3, 0.4) is 0 Å². The summed E-state index contributed by atoms with van der Waals surface area (Å²) in [7, 11) is 4.45. The molecular weight excluding hydrogens is 426 g/mol. The van der Waals surface area contributed by atoms with E-state index in [2.05, 4.69) is 22.2 Å². The lowest BCUT2D eigenvalue weighted by Gasteiger charge is -2.35. The number of nitriles is 1. The Morgan fingerprint density at radius 1 is 1.09 bits per heavy atom. The number of hydrogen-bond acceptors (Lipinski definition) is 8. The molecule has 2 N–H and O–H groups in total. The van der Waals surface area contributed by atoms with E-state index in [1.54, 1.807) is 12.1 Å². The molecule has 0 spiro atoms. The van der Waals surface area contributed by atoms with E-state index in [-0.39, 0.29) is 17.4 Å². The number of aromatic nitrogens is 2. The normalized spacial score (nSPS) is 22.1. The molecule has 2 aliphatic heterocycles. The van der Waals surface area contributed by atoms with Crippen molar-refractivity contribution in [2.75, 3.05) is 38.1 Å². The first-order chi connectivity index (χ1) is 15.9. The van der Waals surface area contributed by atoms with Crippen molar-refractivity contribution in [2.45, 2.75) is 38.1 Å². The van der Waals surface area contributed by atoms with Crippen molar-refractivity contribution in [3.05, 3.63) is 33.6 Å². The molecular formula is C23H27N5O5. The van der Waals surface area contributed by atoms with Gasteiger partial charge in [0.1, 0.15) is 17.5 Å². The van der Waals surface area contributed by atoms with Gasteiger partial charge in [-0.25, -0.2) is 0 Å². The number of ether oxygens (including phenoxy) is 3. The Morgan fingerprint density at radius 3 is 2.42 bits per heavy atom. The summed E-state index contributed by atoms with van der Waals surface area (Å²) in [6.07, 6.45) is 3.11. The van der Waals surface area contributed by atoms with Gasteiger partial charge in [-0.15, -0.1) is 0 Å². The molecule has 10 nitrogen and oxygen atoms in total. The van der Waals surface area contributed by atoms with Crippen molar-refractivity contribution < 1.29 is 19.0 Å². The Morgan fingerprint density at radius 2 is 1.79 bits per heavy atom. The van der Waals surface area contributed by atoms with Gasteiger partial charge in [0.2, 0.25) is 11.9 Å². The van der Waals surface area contributed by atoms with Gasteiger partial charge >= 0.3 is 0 Å². The number of amides is 1. The maximum absolute atomic E-state index is 13.4. The average Bonchev–Trinajstić information content (AvgIpc) is 2.82. The lowest BCUT2D eigenvalue weighted by Crippen LogP contribution is -2.42. The fourth-order valence-electron chi connectivity index (χ4n) is 4.68. The molecule has 1 amide bonds. The monoisotopic (exact) mass is 453 g/mol. The van der Waals surface area contributed by atoms with Gasteiger partial charge in [-0.3, -0.25) is 14.6 Å². The highest BCUT2D eigenvalue weighted by molar-refractivity contribution is 5.98. The van der Waals surface area contributed by atoms with Crippen LogP contribution in [0.5, 0.6) is 17.2 Å². The Hall–Kier alpha value is -3.74. The van der Waals surface area contributed by atoms with E-state index in [1.807, 2.05) is 11.0 Å². The smallest absolute Gasteiger partial charge is 0.258 e. The molecule has 1 aromatic carbocycles. The fourth-order valence-corrected chi connectivity index (χ4v) is 4.68. The summed E-state index contributed by atoms with van der Waals surface area (Å²) in [5.41, 5.74) is 0.263. The number of H-pyrrole nitrogens is 1. The van der Waals surface area contributed by atoms with E-state index < -0.39 is 23.3 Å². The Balaban J connectivity index is 1.91. The number of nitrogens with zero attached hydrogens (tertiary/aromatic N) is 3. The zero-order valence-electron chi connectivity index (χ0n) is 19.1. The molecule has 0 bridgehead atoms. The molecule has 0 radical (unpaired) electrons.